The molecule has 2 rings (SSSR count). The van der Waals surface area contributed by atoms with Crippen LogP contribution in [0.3, 0.4) is 0 Å². The Labute approximate surface area is 141 Å². The second-order valence-electron chi connectivity index (χ2n) is 4.36. The number of aromatic nitrogens is 2. The molecule has 1 aromatic carbocycles. The summed E-state index contributed by atoms with van der Waals surface area (Å²) in [4.78, 5) is 12.2. The summed E-state index contributed by atoms with van der Waals surface area (Å²) in [7, 11) is 0. The van der Waals surface area contributed by atoms with E-state index in [1.165, 1.54) is 23.1 Å². The van der Waals surface area contributed by atoms with Gasteiger partial charge in [-0.3, -0.25) is 4.79 Å². The first-order valence-electron chi connectivity index (χ1n) is 6.15. The molecule has 0 unspecified atom stereocenters. The Morgan fingerprint density at radius 2 is 2.14 bits per heavy atom. The number of rotatable bonds is 5. The predicted molar refractivity (Wildman–Crippen MR) is 88.2 cm³/mol. The molecule has 0 aliphatic heterocycles. The van der Waals surface area contributed by atoms with Crippen molar-refractivity contribution in [2.75, 3.05) is 0 Å². The van der Waals surface area contributed by atoms with E-state index >= 15 is 0 Å². The molecule has 1 heterocycles. The fourth-order valence-electron chi connectivity index (χ4n) is 1.68. The summed E-state index contributed by atoms with van der Waals surface area (Å²) in [5, 5.41) is 11.5. The first kappa shape index (κ1) is 16.5. The van der Waals surface area contributed by atoms with E-state index in [2.05, 4.69) is 15.5 Å². The van der Waals surface area contributed by atoms with Crippen LogP contribution >= 0.6 is 46.3 Å². The van der Waals surface area contributed by atoms with Gasteiger partial charge in [-0.25, -0.2) is 0 Å². The highest BCUT2D eigenvalue weighted by Gasteiger charge is 2.19. The van der Waals surface area contributed by atoms with Crippen LogP contribution < -0.4 is 5.32 Å². The maximum Gasteiger partial charge on any atom is 0.233 e. The first-order chi connectivity index (χ1) is 9.97. The molecule has 0 saturated heterocycles. The van der Waals surface area contributed by atoms with Crippen molar-refractivity contribution in [1.29, 1.82) is 0 Å². The topological polar surface area (TPSA) is 54.9 Å². The zero-order valence-corrected chi connectivity index (χ0v) is 14.5. The quantitative estimate of drug-likeness (QED) is 0.810. The molecule has 21 heavy (non-hydrogen) atoms. The van der Waals surface area contributed by atoms with Crippen molar-refractivity contribution in [1.82, 2.24) is 15.5 Å². The van der Waals surface area contributed by atoms with Gasteiger partial charge >= 0.3 is 0 Å². The zero-order valence-electron chi connectivity index (χ0n) is 11.3. The number of hydrogen-bond acceptors (Lipinski definition) is 5. The predicted octanol–water partition coefficient (Wildman–Crippen LogP) is 4.20. The minimum atomic E-state index is -0.258. The molecule has 0 aliphatic carbocycles. The van der Waals surface area contributed by atoms with E-state index in [4.69, 9.17) is 23.2 Å². The molecular formula is C13H13Cl2N3OS2. The number of thioether (sulfide) groups is 1. The highest BCUT2D eigenvalue weighted by Crippen LogP contribution is 2.28. The van der Waals surface area contributed by atoms with Gasteiger partial charge in [0, 0.05) is 10.0 Å². The maximum absolute atomic E-state index is 12.2. The lowest BCUT2D eigenvalue weighted by atomic mass is 10.1. The average Bonchev–Trinajstić information content (AvgIpc) is 2.91. The number of carbonyl (C=O) groups is 1. The first-order valence-corrected chi connectivity index (χ1v) is 8.67. The highest BCUT2D eigenvalue weighted by atomic mass is 35.5. The van der Waals surface area contributed by atoms with Gasteiger partial charge in [-0.1, -0.05) is 52.4 Å². The number of nitrogens with zero attached hydrogens (tertiary/aromatic N) is 2. The summed E-state index contributed by atoms with van der Waals surface area (Å²) in [6, 6.07) is 5.04. The third-order valence-corrected chi connectivity index (χ3v) is 5.25. The number of hydrogen-bond donors (Lipinski definition) is 1. The lowest BCUT2D eigenvalue weighted by Crippen LogP contribution is -2.33. The van der Waals surface area contributed by atoms with Crippen LogP contribution in [0.25, 0.3) is 0 Å². The van der Waals surface area contributed by atoms with Crippen LogP contribution in [0.15, 0.2) is 28.0 Å². The summed E-state index contributed by atoms with van der Waals surface area (Å²) >= 11 is 14.8. The molecule has 0 fully saturated rings. The Kier molecular flexibility index (Phi) is 5.87. The molecule has 2 aromatic rings. The van der Waals surface area contributed by atoms with Gasteiger partial charge in [0.15, 0.2) is 4.34 Å². The van der Waals surface area contributed by atoms with E-state index in [0.717, 1.165) is 9.90 Å². The maximum atomic E-state index is 12.2. The summed E-state index contributed by atoms with van der Waals surface area (Å²) in [6.45, 7) is 3.72. The smallest absolute Gasteiger partial charge is 0.233 e. The fourth-order valence-corrected chi connectivity index (χ4v) is 3.89. The normalized spacial score (nSPS) is 13.7. The number of benzene rings is 1. The van der Waals surface area contributed by atoms with Crippen molar-refractivity contribution in [3.63, 3.8) is 0 Å². The van der Waals surface area contributed by atoms with Crippen molar-refractivity contribution in [3.8, 4) is 0 Å². The van der Waals surface area contributed by atoms with Gasteiger partial charge in [-0.15, -0.1) is 10.2 Å². The molecule has 0 bridgehead atoms. The standard InChI is InChI=1S/C13H13Cl2N3OS2/c1-7(10-4-3-9(14)5-11(10)15)17-12(19)8(2)21-13-18-16-6-20-13/h3-8H,1-2H3,(H,17,19)/t7-,8+/m1/s1. The molecule has 112 valence electrons. The lowest BCUT2D eigenvalue weighted by molar-refractivity contribution is -0.120. The molecule has 1 N–H and O–H groups in total. The van der Waals surface area contributed by atoms with Crippen molar-refractivity contribution in [2.45, 2.75) is 29.5 Å². The second kappa shape index (κ2) is 7.45. The molecule has 1 amide bonds. The summed E-state index contributed by atoms with van der Waals surface area (Å²) in [5.41, 5.74) is 2.48. The monoisotopic (exact) mass is 361 g/mol. The largest absolute Gasteiger partial charge is 0.349 e. The molecule has 0 radical (unpaired) electrons. The van der Waals surface area contributed by atoms with Gasteiger partial charge in [0.2, 0.25) is 5.91 Å². The van der Waals surface area contributed by atoms with Crippen LogP contribution in [0, 0.1) is 0 Å². The van der Waals surface area contributed by atoms with E-state index in [-0.39, 0.29) is 17.2 Å². The summed E-state index contributed by atoms with van der Waals surface area (Å²) < 4.78 is 0.773. The van der Waals surface area contributed by atoms with E-state index in [1.807, 2.05) is 19.9 Å². The molecule has 0 aliphatic rings. The van der Waals surface area contributed by atoms with Crippen LogP contribution in [0.4, 0.5) is 0 Å². The third kappa shape index (κ3) is 4.57. The summed E-state index contributed by atoms with van der Waals surface area (Å²) in [5.74, 6) is -0.0753. The Hall–Kier alpha value is -0.820. The Morgan fingerprint density at radius 3 is 2.76 bits per heavy atom. The molecule has 2 atom stereocenters. The van der Waals surface area contributed by atoms with Crippen molar-refractivity contribution < 1.29 is 4.79 Å². The van der Waals surface area contributed by atoms with E-state index in [1.54, 1.807) is 17.6 Å². The number of amides is 1. The van der Waals surface area contributed by atoms with Crippen molar-refractivity contribution in [2.24, 2.45) is 0 Å². The van der Waals surface area contributed by atoms with Crippen LogP contribution in [0.1, 0.15) is 25.5 Å². The van der Waals surface area contributed by atoms with Gasteiger partial charge in [0.1, 0.15) is 5.51 Å². The van der Waals surface area contributed by atoms with Crippen LogP contribution in [-0.4, -0.2) is 21.4 Å². The molecule has 4 nitrogen and oxygen atoms in total. The minimum absolute atomic E-state index is 0.0753. The summed E-state index contributed by atoms with van der Waals surface area (Å²) in [6.07, 6.45) is 0. The van der Waals surface area contributed by atoms with E-state index in [0.29, 0.717) is 10.0 Å². The lowest BCUT2D eigenvalue weighted by Gasteiger charge is -2.18. The van der Waals surface area contributed by atoms with Crippen LogP contribution in [0.2, 0.25) is 10.0 Å². The minimum Gasteiger partial charge on any atom is -0.349 e. The van der Waals surface area contributed by atoms with Gasteiger partial charge in [-0.2, -0.15) is 0 Å². The average molecular weight is 362 g/mol. The van der Waals surface area contributed by atoms with Crippen LogP contribution in [0.5, 0.6) is 0 Å². The van der Waals surface area contributed by atoms with Crippen LogP contribution in [-0.2, 0) is 4.79 Å². The van der Waals surface area contributed by atoms with Crippen molar-refractivity contribution in [3.05, 3.63) is 39.3 Å². The van der Waals surface area contributed by atoms with Gasteiger partial charge in [-0.05, 0) is 31.5 Å². The fraction of sp³-hybridized carbons (Fsp3) is 0.308. The highest BCUT2D eigenvalue weighted by molar-refractivity contribution is 8.02. The van der Waals surface area contributed by atoms with Gasteiger partial charge < -0.3 is 5.32 Å². The molecule has 1 aromatic heterocycles. The van der Waals surface area contributed by atoms with Gasteiger partial charge in [0.25, 0.3) is 0 Å². The van der Waals surface area contributed by atoms with E-state index in [9.17, 15) is 4.79 Å². The number of carbonyl (C=O) groups excluding carboxylic acids is 1. The zero-order chi connectivity index (χ0) is 15.4. The Balaban J connectivity index is 1.98. The molecule has 8 heteroatoms. The second-order valence-corrected chi connectivity index (χ2v) is 7.63. The SMILES string of the molecule is C[C@H](Sc1nncs1)C(=O)N[C@H](C)c1ccc(Cl)cc1Cl. The van der Waals surface area contributed by atoms with Crippen molar-refractivity contribution >= 4 is 52.2 Å². The molecular weight excluding hydrogens is 349 g/mol. The Morgan fingerprint density at radius 1 is 1.38 bits per heavy atom. The number of halogens is 2. The molecule has 0 spiro atoms. The number of nitrogens with one attached hydrogen (secondary N) is 1. The molecule has 0 saturated carbocycles. The third-order valence-electron chi connectivity index (χ3n) is 2.77. The van der Waals surface area contributed by atoms with E-state index < -0.39 is 0 Å². The van der Waals surface area contributed by atoms with Gasteiger partial charge in [0.05, 0.1) is 11.3 Å². The Bertz CT molecular complexity index is 622.